The second kappa shape index (κ2) is 4.26. The molecule has 0 fully saturated rings. The number of aromatic nitrogens is 3. The largest absolute Gasteiger partial charge is 0.215 e. The predicted octanol–water partition coefficient (Wildman–Crippen LogP) is 3.52. The smallest absolute Gasteiger partial charge is 0.155 e. The summed E-state index contributed by atoms with van der Waals surface area (Å²) in [5.41, 5.74) is 4.47. The molecule has 2 heterocycles. The molecule has 18 heavy (non-hydrogen) atoms. The molecule has 0 aliphatic heterocycles. The summed E-state index contributed by atoms with van der Waals surface area (Å²) in [6.45, 7) is 4.41. The second-order valence-corrected chi connectivity index (χ2v) is 4.72. The normalized spacial score (nSPS) is 11.3. The van der Waals surface area contributed by atoms with E-state index in [1.807, 2.05) is 16.6 Å². The van der Waals surface area contributed by atoms with E-state index in [0.717, 1.165) is 11.3 Å². The van der Waals surface area contributed by atoms with Crippen molar-refractivity contribution >= 4 is 5.65 Å². The Kier molecular flexibility index (Phi) is 2.59. The van der Waals surface area contributed by atoms with Gasteiger partial charge in [0.25, 0.3) is 0 Å². The topological polar surface area (TPSA) is 30.2 Å². The van der Waals surface area contributed by atoms with Crippen LogP contribution in [0.1, 0.15) is 25.3 Å². The van der Waals surface area contributed by atoms with Crippen molar-refractivity contribution in [1.82, 2.24) is 14.6 Å². The number of benzene rings is 1. The summed E-state index contributed by atoms with van der Waals surface area (Å²) in [5, 5.41) is 4.28. The average Bonchev–Trinajstić information content (AvgIpc) is 2.87. The maximum absolute atomic E-state index is 4.28. The first-order valence-corrected chi connectivity index (χ1v) is 6.15. The monoisotopic (exact) mass is 237 g/mol. The molecule has 0 N–H and O–H groups in total. The van der Waals surface area contributed by atoms with Gasteiger partial charge in [0.15, 0.2) is 5.65 Å². The molecule has 0 bridgehead atoms. The van der Waals surface area contributed by atoms with E-state index in [1.54, 1.807) is 6.33 Å². The van der Waals surface area contributed by atoms with Crippen LogP contribution in [0.2, 0.25) is 0 Å². The first-order valence-electron chi connectivity index (χ1n) is 6.15. The van der Waals surface area contributed by atoms with Gasteiger partial charge in [-0.1, -0.05) is 38.1 Å². The van der Waals surface area contributed by atoms with Crippen LogP contribution in [0, 0.1) is 0 Å². The van der Waals surface area contributed by atoms with E-state index in [4.69, 9.17) is 0 Å². The van der Waals surface area contributed by atoms with Gasteiger partial charge in [-0.15, -0.1) is 0 Å². The Balaban J connectivity index is 2.20. The van der Waals surface area contributed by atoms with Crippen molar-refractivity contribution < 1.29 is 0 Å². The molecule has 2 aromatic heterocycles. The van der Waals surface area contributed by atoms with Crippen molar-refractivity contribution in [1.29, 1.82) is 0 Å². The lowest BCUT2D eigenvalue weighted by molar-refractivity contribution is 0.866. The minimum absolute atomic E-state index is 0.528. The molecule has 0 aliphatic rings. The lowest BCUT2D eigenvalue weighted by atomic mass is 9.99. The fraction of sp³-hybridized carbons (Fsp3) is 0.200. The van der Waals surface area contributed by atoms with Crippen LogP contribution in [-0.2, 0) is 0 Å². The maximum Gasteiger partial charge on any atom is 0.155 e. The summed E-state index contributed by atoms with van der Waals surface area (Å²) >= 11 is 0. The highest BCUT2D eigenvalue weighted by Crippen LogP contribution is 2.23. The van der Waals surface area contributed by atoms with Crippen molar-refractivity contribution in [3.63, 3.8) is 0 Å². The fourth-order valence-electron chi connectivity index (χ4n) is 2.12. The molecular weight excluding hydrogens is 222 g/mol. The Hall–Kier alpha value is -2.16. The Bertz CT molecular complexity index is 683. The van der Waals surface area contributed by atoms with Crippen molar-refractivity contribution in [2.75, 3.05) is 0 Å². The van der Waals surface area contributed by atoms with Gasteiger partial charge in [-0.3, -0.25) is 0 Å². The Morgan fingerprint density at radius 1 is 1.06 bits per heavy atom. The Morgan fingerprint density at radius 3 is 2.72 bits per heavy atom. The van der Waals surface area contributed by atoms with E-state index in [9.17, 15) is 0 Å². The van der Waals surface area contributed by atoms with E-state index in [2.05, 4.69) is 54.3 Å². The van der Waals surface area contributed by atoms with Gasteiger partial charge in [0.1, 0.15) is 6.33 Å². The fourth-order valence-corrected chi connectivity index (χ4v) is 2.12. The summed E-state index contributed by atoms with van der Waals surface area (Å²) in [6, 6.07) is 14.6. The van der Waals surface area contributed by atoms with Crippen molar-refractivity contribution in [3.05, 3.63) is 54.4 Å². The molecule has 3 rings (SSSR count). The van der Waals surface area contributed by atoms with Gasteiger partial charge in [-0.05, 0) is 29.7 Å². The van der Waals surface area contributed by atoms with E-state index in [-0.39, 0.29) is 0 Å². The SMILES string of the molecule is CC(C)c1cccc(-c2cccc3ncnn23)c1. The van der Waals surface area contributed by atoms with E-state index in [1.165, 1.54) is 11.1 Å². The third-order valence-electron chi connectivity index (χ3n) is 3.15. The van der Waals surface area contributed by atoms with Crippen LogP contribution in [0.25, 0.3) is 16.9 Å². The first kappa shape index (κ1) is 11.0. The summed E-state index contributed by atoms with van der Waals surface area (Å²) in [4.78, 5) is 4.21. The molecule has 0 atom stereocenters. The zero-order valence-electron chi connectivity index (χ0n) is 10.5. The highest BCUT2D eigenvalue weighted by molar-refractivity contribution is 5.63. The molecule has 0 saturated heterocycles. The highest BCUT2D eigenvalue weighted by Gasteiger charge is 2.06. The quantitative estimate of drug-likeness (QED) is 0.682. The number of fused-ring (bicyclic) bond motifs is 1. The number of hydrogen-bond acceptors (Lipinski definition) is 2. The second-order valence-electron chi connectivity index (χ2n) is 4.72. The Morgan fingerprint density at radius 2 is 1.89 bits per heavy atom. The number of nitrogens with zero attached hydrogens (tertiary/aromatic N) is 3. The summed E-state index contributed by atoms with van der Waals surface area (Å²) in [5.74, 6) is 0.528. The van der Waals surface area contributed by atoms with Crippen molar-refractivity contribution in [3.8, 4) is 11.3 Å². The van der Waals surface area contributed by atoms with Crippen LogP contribution in [0.3, 0.4) is 0 Å². The summed E-state index contributed by atoms with van der Waals surface area (Å²) in [6.07, 6.45) is 1.59. The van der Waals surface area contributed by atoms with Crippen LogP contribution < -0.4 is 0 Å². The lowest BCUT2D eigenvalue weighted by Gasteiger charge is -2.09. The molecule has 0 amide bonds. The first-order chi connectivity index (χ1) is 8.75. The van der Waals surface area contributed by atoms with Crippen molar-refractivity contribution in [2.45, 2.75) is 19.8 Å². The third-order valence-corrected chi connectivity index (χ3v) is 3.15. The van der Waals surface area contributed by atoms with Crippen LogP contribution in [-0.4, -0.2) is 14.6 Å². The van der Waals surface area contributed by atoms with Crippen LogP contribution in [0.4, 0.5) is 0 Å². The van der Waals surface area contributed by atoms with Crippen LogP contribution >= 0.6 is 0 Å². The molecule has 0 aliphatic carbocycles. The van der Waals surface area contributed by atoms with Crippen LogP contribution in [0.15, 0.2) is 48.8 Å². The molecule has 0 radical (unpaired) electrons. The molecule has 90 valence electrons. The third kappa shape index (κ3) is 1.78. The number of pyridine rings is 1. The lowest BCUT2D eigenvalue weighted by Crippen LogP contribution is -1.95. The van der Waals surface area contributed by atoms with Gasteiger partial charge in [0.05, 0.1) is 5.69 Å². The van der Waals surface area contributed by atoms with Gasteiger partial charge in [0, 0.05) is 5.56 Å². The predicted molar refractivity (Wildman–Crippen MR) is 72.5 cm³/mol. The standard InChI is InChI=1S/C15H15N3/c1-11(2)12-5-3-6-13(9-12)14-7-4-8-15-16-10-17-18(14)15/h3-11H,1-2H3. The number of hydrogen-bond donors (Lipinski definition) is 0. The molecule has 0 spiro atoms. The molecule has 3 aromatic rings. The minimum atomic E-state index is 0.528. The van der Waals surface area contributed by atoms with Gasteiger partial charge in [-0.2, -0.15) is 5.10 Å². The van der Waals surface area contributed by atoms with E-state index in [0.29, 0.717) is 5.92 Å². The molecule has 0 unspecified atom stereocenters. The molecule has 3 heteroatoms. The van der Waals surface area contributed by atoms with Gasteiger partial charge in [0.2, 0.25) is 0 Å². The zero-order chi connectivity index (χ0) is 12.5. The molecular formula is C15H15N3. The van der Waals surface area contributed by atoms with Gasteiger partial charge < -0.3 is 0 Å². The summed E-state index contributed by atoms with van der Waals surface area (Å²) < 4.78 is 1.87. The maximum atomic E-state index is 4.28. The van der Waals surface area contributed by atoms with E-state index >= 15 is 0 Å². The minimum Gasteiger partial charge on any atom is -0.215 e. The molecule has 3 nitrogen and oxygen atoms in total. The highest BCUT2D eigenvalue weighted by atomic mass is 15.3. The van der Waals surface area contributed by atoms with E-state index < -0.39 is 0 Å². The number of rotatable bonds is 2. The molecule has 1 aromatic carbocycles. The van der Waals surface area contributed by atoms with Gasteiger partial charge in [-0.25, -0.2) is 9.50 Å². The van der Waals surface area contributed by atoms with Crippen molar-refractivity contribution in [2.24, 2.45) is 0 Å². The average molecular weight is 237 g/mol. The van der Waals surface area contributed by atoms with Crippen LogP contribution in [0.5, 0.6) is 0 Å². The Labute approximate surface area is 106 Å². The van der Waals surface area contributed by atoms with Gasteiger partial charge >= 0.3 is 0 Å². The molecule has 0 saturated carbocycles. The summed E-state index contributed by atoms with van der Waals surface area (Å²) in [7, 11) is 0. The zero-order valence-corrected chi connectivity index (χ0v) is 10.5.